The maximum atomic E-state index is 13.3. The van der Waals surface area contributed by atoms with E-state index in [4.69, 9.17) is 9.47 Å². The Morgan fingerprint density at radius 1 is 1.15 bits per heavy atom. The lowest BCUT2D eigenvalue weighted by atomic mass is 9.87. The summed E-state index contributed by atoms with van der Waals surface area (Å²) in [6, 6.07) is 15.4. The van der Waals surface area contributed by atoms with Crippen molar-refractivity contribution in [3.8, 4) is 5.75 Å². The first kappa shape index (κ1) is 23.6. The average molecular weight is 470 g/mol. The molecule has 2 heterocycles. The number of nitrogens with zero attached hydrogens (tertiary/aromatic N) is 2. The topological polar surface area (TPSA) is 51.7 Å². The van der Waals surface area contributed by atoms with E-state index < -0.39 is 18.7 Å². The molecule has 0 amide bonds. The molecule has 1 aliphatic heterocycles. The molecular formula is C26H25F3N2O3. The van der Waals surface area contributed by atoms with Crippen LogP contribution in [-0.4, -0.2) is 37.4 Å². The molecule has 1 aliphatic rings. The van der Waals surface area contributed by atoms with Gasteiger partial charge in [-0.25, -0.2) is 4.79 Å². The van der Waals surface area contributed by atoms with Crippen molar-refractivity contribution in [2.24, 2.45) is 0 Å². The Morgan fingerprint density at radius 2 is 1.94 bits per heavy atom. The standard InChI is InChI=1S/C26H25F3N2O3/c1-33-25(32)23-11-13-30-16-19(23)8-7-18-12-14-34-24-15-21(9-10-22(18)24)31(17-26(27,28)29)20-5-3-2-4-6-20/h2-6,9-11,13,15-16,18H,7-8,12,14,17H2,1H3. The lowest BCUT2D eigenvalue weighted by Gasteiger charge is -2.30. The van der Waals surface area contributed by atoms with Gasteiger partial charge in [-0.05, 0) is 60.6 Å². The zero-order chi connectivity index (χ0) is 24.1. The minimum Gasteiger partial charge on any atom is -0.493 e. The molecule has 0 bridgehead atoms. The van der Waals surface area contributed by atoms with Gasteiger partial charge >= 0.3 is 12.1 Å². The summed E-state index contributed by atoms with van der Waals surface area (Å²) in [5.41, 5.74) is 3.13. The van der Waals surface area contributed by atoms with Gasteiger partial charge in [-0.2, -0.15) is 13.2 Å². The number of methoxy groups -OCH3 is 1. The van der Waals surface area contributed by atoms with Crippen molar-refractivity contribution >= 4 is 17.3 Å². The van der Waals surface area contributed by atoms with Crippen LogP contribution in [0.1, 0.15) is 40.2 Å². The van der Waals surface area contributed by atoms with E-state index in [9.17, 15) is 18.0 Å². The fraction of sp³-hybridized carbons (Fsp3) is 0.308. The monoisotopic (exact) mass is 470 g/mol. The van der Waals surface area contributed by atoms with Crippen molar-refractivity contribution in [2.75, 3.05) is 25.2 Å². The predicted octanol–water partition coefficient (Wildman–Crippen LogP) is 6.07. The number of hydrogen-bond donors (Lipinski definition) is 0. The molecule has 0 saturated heterocycles. The van der Waals surface area contributed by atoms with Crippen molar-refractivity contribution in [3.63, 3.8) is 0 Å². The summed E-state index contributed by atoms with van der Waals surface area (Å²) in [5.74, 6) is 0.340. The summed E-state index contributed by atoms with van der Waals surface area (Å²) in [7, 11) is 1.34. The average Bonchev–Trinajstić information content (AvgIpc) is 2.85. The van der Waals surface area contributed by atoms with Gasteiger partial charge in [0.1, 0.15) is 12.3 Å². The summed E-state index contributed by atoms with van der Waals surface area (Å²) in [5, 5.41) is 0. The minimum absolute atomic E-state index is 0.149. The molecule has 0 aliphatic carbocycles. The number of rotatable bonds is 7. The Bertz CT molecular complexity index is 1140. The number of aryl methyl sites for hydroxylation is 1. The summed E-state index contributed by atoms with van der Waals surface area (Å²) < 4.78 is 50.7. The van der Waals surface area contributed by atoms with E-state index in [0.29, 0.717) is 35.7 Å². The van der Waals surface area contributed by atoms with Gasteiger partial charge in [-0.15, -0.1) is 0 Å². The van der Waals surface area contributed by atoms with Crippen LogP contribution in [-0.2, 0) is 11.2 Å². The Balaban J connectivity index is 1.57. The highest BCUT2D eigenvalue weighted by Crippen LogP contribution is 2.40. The van der Waals surface area contributed by atoms with E-state index in [2.05, 4.69) is 4.98 Å². The van der Waals surface area contributed by atoms with E-state index in [1.54, 1.807) is 60.9 Å². The van der Waals surface area contributed by atoms with E-state index in [1.807, 2.05) is 6.07 Å². The first-order valence-electron chi connectivity index (χ1n) is 11.0. The predicted molar refractivity (Wildman–Crippen MR) is 123 cm³/mol. The molecule has 1 aromatic heterocycles. The van der Waals surface area contributed by atoms with Crippen molar-refractivity contribution < 1.29 is 27.4 Å². The fourth-order valence-electron chi connectivity index (χ4n) is 4.30. The van der Waals surface area contributed by atoms with Crippen LogP contribution in [0.4, 0.5) is 24.5 Å². The number of para-hydroxylation sites is 1. The number of anilines is 2. The molecule has 1 atom stereocenters. The van der Waals surface area contributed by atoms with Gasteiger partial charge in [0.2, 0.25) is 0 Å². The maximum absolute atomic E-state index is 13.3. The second-order valence-corrected chi connectivity index (χ2v) is 8.16. The SMILES string of the molecule is COC(=O)c1ccncc1CCC1CCOc2cc(N(CC(F)(F)F)c3ccccc3)ccc21. The van der Waals surface area contributed by atoms with Gasteiger partial charge in [-0.3, -0.25) is 4.98 Å². The summed E-state index contributed by atoms with van der Waals surface area (Å²) >= 11 is 0. The number of halogens is 3. The molecule has 0 spiro atoms. The van der Waals surface area contributed by atoms with E-state index in [-0.39, 0.29) is 5.92 Å². The Morgan fingerprint density at radius 3 is 2.68 bits per heavy atom. The van der Waals surface area contributed by atoms with Gasteiger partial charge in [-0.1, -0.05) is 24.3 Å². The molecule has 178 valence electrons. The van der Waals surface area contributed by atoms with Crippen LogP contribution in [0, 0.1) is 0 Å². The number of esters is 1. The van der Waals surface area contributed by atoms with Gasteiger partial charge in [0.15, 0.2) is 0 Å². The normalized spacial score (nSPS) is 15.2. The number of aromatic nitrogens is 1. The second kappa shape index (κ2) is 10.2. The Kier molecular flexibility index (Phi) is 7.05. The van der Waals surface area contributed by atoms with Crippen LogP contribution < -0.4 is 9.64 Å². The number of fused-ring (bicyclic) bond motifs is 1. The number of pyridine rings is 1. The van der Waals surface area contributed by atoms with Crippen LogP contribution in [0.15, 0.2) is 67.0 Å². The highest BCUT2D eigenvalue weighted by atomic mass is 19.4. The number of benzene rings is 2. The largest absolute Gasteiger partial charge is 0.493 e. The van der Waals surface area contributed by atoms with E-state index >= 15 is 0 Å². The highest BCUT2D eigenvalue weighted by Gasteiger charge is 2.32. The molecule has 0 fully saturated rings. The molecule has 0 radical (unpaired) electrons. The molecule has 1 unspecified atom stereocenters. The molecule has 3 aromatic rings. The van der Waals surface area contributed by atoms with Crippen molar-refractivity contribution in [3.05, 3.63) is 83.7 Å². The van der Waals surface area contributed by atoms with Crippen LogP contribution >= 0.6 is 0 Å². The molecule has 5 nitrogen and oxygen atoms in total. The minimum atomic E-state index is -4.36. The number of carbonyl (C=O) groups is 1. The van der Waals surface area contributed by atoms with Crippen LogP contribution in [0.3, 0.4) is 0 Å². The van der Waals surface area contributed by atoms with Crippen molar-refractivity contribution in [1.82, 2.24) is 4.98 Å². The first-order valence-corrected chi connectivity index (χ1v) is 11.0. The lowest BCUT2D eigenvalue weighted by Crippen LogP contribution is -2.30. The highest BCUT2D eigenvalue weighted by molar-refractivity contribution is 5.90. The third-order valence-electron chi connectivity index (χ3n) is 5.95. The van der Waals surface area contributed by atoms with Gasteiger partial charge in [0.05, 0.1) is 19.3 Å². The van der Waals surface area contributed by atoms with Crippen molar-refractivity contribution in [2.45, 2.75) is 31.4 Å². The third-order valence-corrected chi connectivity index (χ3v) is 5.95. The Labute approximate surface area is 196 Å². The van der Waals surface area contributed by atoms with E-state index in [0.717, 1.165) is 24.0 Å². The van der Waals surface area contributed by atoms with E-state index in [1.165, 1.54) is 12.0 Å². The summed E-state index contributed by atoms with van der Waals surface area (Å²) in [6.45, 7) is -0.626. The van der Waals surface area contributed by atoms with Crippen LogP contribution in [0.5, 0.6) is 5.75 Å². The smallest absolute Gasteiger partial charge is 0.406 e. The number of hydrogen-bond acceptors (Lipinski definition) is 5. The van der Waals surface area contributed by atoms with Gasteiger partial charge < -0.3 is 14.4 Å². The Hall–Kier alpha value is -3.55. The van der Waals surface area contributed by atoms with Crippen LogP contribution in [0.2, 0.25) is 0 Å². The summed E-state index contributed by atoms with van der Waals surface area (Å²) in [4.78, 5) is 17.4. The molecule has 34 heavy (non-hydrogen) atoms. The van der Waals surface area contributed by atoms with Crippen molar-refractivity contribution in [1.29, 1.82) is 0 Å². The number of carbonyl (C=O) groups excluding carboxylic acids is 1. The van der Waals surface area contributed by atoms with Gasteiger partial charge in [0, 0.05) is 29.8 Å². The molecule has 8 heteroatoms. The molecule has 0 N–H and O–H groups in total. The quantitative estimate of drug-likeness (QED) is 0.393. The second-order valence-electron chi connectivity index (χ2n) is 8.16. The maximum Gasteiger partial charge on any atom is 0.406 e. The summed E-state index contributed by atoms with van der Waals surface area (Å²) in [6.07, 6.45) is 1.01. The third kappa shape index (κ3) is 5.50. The molecule has 4 rings (SSSR count). The zero-order valence-corrected chi connectivity index (χ0v) is 18.7. The molecule has 0 saturated carbocycles. The first-order chi connectivity index (χ1) is 16.4. The number of alkyl halides is 3. The molecule has 2 aromatic carbocycles. The van der Waals surface area contributed by atoms with Crippen LogP contribution in [0.25, 0.3) is 0 Å². The lowest BCUT2D eigenvalue weighted by molar-refractivity contribution is -0.118. The zero-order valence-electron chi connectivity index (χ0n) is 18.7. The number of ether oxygens (including phenoxy) is 2. The molecular weight excluding hydrogens is 445 g/mol. The fourth-order valence-corrected chi connectivity index (χ4v) is 4.30. The van der Waals surface area contributed by atoms with Gasteiger partial charge in [0.25, 0.3) is 0 Å².